The molecule has 0 aromatic heterocycles. The van der Waals surface area contributed by atoms with Gasteiger partial charge in [-0.1, -0.05) is 64.7 Å². The number of carbonyl (C=O) groups is 3. The van der Waals surface area contributed by atoms with Gasteiger partial charge in [-0.2, -0.15) is 0 Å². The van der Waals surface area contributed by atoms with Crippen LogP contribution in [-0.4, -0.2) is 56.6 Å². The van der Waals surface area contributed by atoms with Crippen molar-refractivity contribution >= 4 is 27.2 Å². The Kier molecular flexibility index (Phi) is 26.2. The minimum atomic E-state index is -3.00. The van der Waals surface area contributed by atoms with Gasteiger partial charge in [0.2, 0.25) is 5.78 Å². The van der Waals surface area contributed by atoms with E-state index < -0.39 is 9.84 Å². The first-order chi connectivity index (χ1) is 18.0. The molecule has 0 heterocycles. The van der Waals surface area contributed by atoms with Crippen LogP contribution in [0.25, 0.3) is 0 Å². The average Bonchev–Trinajstić information content (AvgIpc) is 2.83. The van der Waals surface area contributed by atoms with E-state index in [9.17, 15) is 22.8 Å². The molecule has 232 valence electrons. The zero-order chi connectivity index (χ0) is 33.0. The van der Waals surface area contributed by atoms with Crippen molar-refractivity contribution in [2.75, 3.05) is 20.6 Å². The third kappa shape index (κ3) is 23.6. The molecule has 0 atom stereocenters. The van der Waals surface area contributed by atoms with Gasteiger partial charge in [0.25, 0.3) is 0 Å². The highest BCUT2D eigenvalue weighted by Crippen LogP contribution is 2.16. The lowest BCUT2D eigenvalue weighted by Crippen LogP contribution is -2.15. The molecule has 0 spiro atoms. The maximum atomic E-state index is 11.4. The fourth-order valence-electron chi connectivity index (χ4n) is 2.16. The van der Waals surface area contributed by atoms with E-state index in [4.69, 9.17) is 0 Å². The number of nitrogens with zero attached hydrogens (tertiary/aromatic N) is 1. The van der Waals surface area contributed by atoms with Crippen molar-refractivity contribution in [2.45, 2.75) is 109 Å². The summed E-state index contributed by atoms with van der Waals surface area (Å²) in [6.07, 6.45) is 3.55. The summed E-state index contributed by atoms with van der Waals surface area (Å²) in [5.41, 5.74) is 2.91. The summed E-state index contributed by atoms with van der Waals surface area (Å²) < 4.78 is 22.8. The highest BCUT2D eigenvalue weighted by molar-refractivity contribution is 7.95. The number of hydrogen-bond donors (Lipinski definition) is 0. The maximum absolute atomic E-state index is 11.4. The fraction of sp³-hybridized carbons (Fsp3) is 0.667. The average molecular weight is 582 g/mol. The van der Waals surface area contributed by atoms with Gasteiger partial charge in [-0.25, -0.2) is 8.42 Å². The molecule has 0 radical (unpaired) electrons. The third-order valence-corrected chi connectivity index (χ3v) is 7.99. The van der Waals surface area contributed by atoms with Crippen molar-refractivity contribution in [3.8, 4) is 11.8 Å². The Hall–Kier alpha value is -2.30. The molecule has 0 N–H and O–H groups in total. The Morgan fingerprint density at radius 1 is 0.750 bits per heavy atom. The molecule has 0 aliphatic heterocycles. The zero-order valence-corrected chi connectivity index (χ0v) is 29.4. The van der Waals surface area contributed by atoms with Crippen LogP contribution >= 0.6 is 0 Å². The smallest absolute Gasteiger partial charge is 0.207 e. The molecule has 0 aliphatic carbocycles. The zero-order valence-electron chi connectivity index (χ0n) is 28.6. The molecular weight excluding hydrogens is 522 g/mol. The monoisotopic (exact) mass is 581 g/mol. The molecule has 0 saturated heterocycles. The molecule has 7 heteroatoms. The van der Waals surface area contributed by atoms with E-state index in [-0.39, 0.29) is 40.4 Å². The highest BCUT2D eigenvalue weighted by Gasteiger charge is 2.18. The van der Waals surface area contributed by atoms with Crippen LogP contribution in [0, 0.1) is 29.6 Å². The summed E-state index contributed by atoms with van der Waals surface area (Å²) in [6, 6.07) is 0. The van der Waals surface area contributed by atoms with Crippen molar-refractivity contribution in [1.29, 1.82) is 0 Å². The van der Waals surface area contributed by atoms with Gasteiger partial charge in [-0.15, -0.1) is 0 Å². The molecule has 0 aromatic rings. The van der Waals surface area contributed by atoms with Crippen LogP contribution in [0.4, 0.5) is 0 Å². The summed E-state index contributed by atoms with van der Waals surface area (Å²) in [6.45, 7) is 28.3. The largest absolute Gasteiger partial charge is 0.306 e. The molecule has 0 amide bonds. The van der Waals surface area contributed by atoms with Gasteiger partial charge in [0.15, 0.2) is 21.4 Å². The van der Waals surface area contributed by atoms with Crippen LogP contribution in [0.2, 0.25) is 0 Å². The van der Waals surface area contributed by atoms with Gasteiger partial charge >= 0.3 is 0 Å². The van der Waals surface area contributed by atoms with Crippen LogP contribution in [0.1, 0.15) is 104 Å². The number of carbonyl (C=O) groups excluding carboxylic acids is 3. The Bertz CT molecular complexity index is 1030. The SMILES string of the molecule is CC#CC(=O)C(C)C.CC(C)=C(C)C(=O)C(C)C.CC(C)=C(C)S(=O)(=O)C(C)C.CC(C)C(=O)/C=C/CN(C)C. The van der Waals surface area contributed by atoms with Crippen LogP contribution < -0.4 is 0 Å². The number of Topliss-reactive ketones (excluding diaryl/α,β-unsaturated/α-hetero) is 2. The van der Waals surface area contributed by atoms with E-state index >= 15 is 0 Å². The topological polar surface area (TPSA) is 88.6 Å². The van der Waals surface area contributed by atoms with Gasteiger partial charge < -0.3 is 4.90 Å². The second kappa shape index (κ2) is 23.4. The number of allylic oxidation sites excluding steroid dienone is 5. The minimum Gasteiger partial charge on any atom is -0.306 e. The van der Waals surface area contributed by atoms with Crippen LogP contribution in [0.15, 0.2) is 33.8 Å². The molecule has 0 unspecified atom stereocenters. The van der Waals surface area contributed by atoms with Gasteiger partial charge in [0.05, 0.1) is 5.25 Å². The van der Waals surface area contributed by atoms with Gasteiger partial charge in [0.1, 0.15) is 0 Å². The molecular formula is C33H59NO5S. The highest BCUT2D eigenvalue weighted by atomic mass is 32.2. The van der Waals surface area contributed by atoms with E-state index in [1.165, 1.54) is 0 Å². The summed E-state index contributed by atoms with van der Waals surface area (Å²) in [5, 5.41) is -0.308. The number of hydrogen-bond acceptors (Lipinski definition) is 6. The van der Waals surface area contributed by atoms with E-state index in [0.717, 1.165) is 23.3 Å². The lowest BCUT2D eigenvalue weighted by Gasteiger charge is -2.08. The van der Waals surface area contributed by atoms with Crippen LogP contribution in [0.5, 0.6) is 0 Å². The van der Waals surface area contributed by atoms with Crippen LogP contribution in [-0.2, 0) is 24.2 Å². The van der Waals surface area contributed by atoms with E-state index in [1.807, 2.05) is 101 Å². The van der Waals surface area contributed by atoms with Crippen molar-refractivity contribution < 1.29 is 22.8 Å². The molecule has 6 nitrogen and oxygen atoms in total. The van der Waals surface area contributed by atoms with Crippen molar-refractivity contribution in [2.24, 2.45) is 17.8 Å². The number of likely N-dealkylation sites (N-methyl/N-ethyl adjacent to an activating group) is 1. The number of ketones is 3. The molecule has 0 saturated carbocycles. The van der Waals surface area contributed by atoms with Crippen molar-refractivity contribution in [3.63, 3.8) is 0 Å². The quantitative estimate of drug-likeness (QED) is 0.162. The molecule has 0 aliphatic rings. The number of rotatable bonds is 9. The maximum Gasteiger partial charge on any atom is 0.207 e. The fourth-order valence-corrected chi connectivity index (χ4v) is 3.43. The Labute approximate surface area is 247 Å². The predicted molar refractivity (Wildman–Crippen MR) is 173 cm³/mol. The lowest BCUT2D eigenvalue weighted by molar-refractivity contribution is -0.118. The molecule has 0 fully saturated rings. The number of sulfone groups is 1. The second-order valence-corrected chi connectivity index (χ2v) is 14.1. The molecule has 0 bridgehead atoms. The Balaban J connectivity index is -0.000000218. The van der Waals surface area contributed by atoms with Gasteiger partial charge in [0, 0.05) is 29.2 Å². The van der Waals surface area contributed by atoms with Gasteiger partial charge in [-0.05, 0) is 94.0 Å². The molecule has 0 aromatic carbocycles. The van der Waals surface area contributed by atoms with Crippen molar-refractivity contribution in [3.05, 3.63) is 33.8 Å². The van der Waals surface area contributed by atoms with Gasteiger partial charge in [-0.3, -0.25) is 14.4 Å². The predicted octanol–water partition coefficient (Wildman–Crippen LogP) is 7.26. The normalized spacial score (nSPS) is 10.6. The summed E-state index contributed by atoms with van der Waals surface area (Å²) in [5.74, 6) is 5.80. The first-order valence-electron chi connectivity index (χ1n) is 13.9. The summed E-state index contributed by atoms with van der Waals surface area (Å²) in [7, 11) is 0.956. The minimum absolute atomic E-state index is 0.0208. The first-order valence-corrected chi connectivity index (χ1v) is 15.4. The second-order valence-electron chi connectivity index (χ2n) is 11.4. The molecule has 0 rings (SSSR count). The van der Waals surface area contributed by atoms with Crippen LogP contribution in [0.3, 0.4) is 0 Å². The molecule has 40 heavy (non-hydrogen) atoms. The van der Waals surface area contributed by atoms with E-state index in [1.54, 1.807) is 33.8 Å². The summed E-state index contributed by atoms with van der Waals surface area (Å²) in [4.78, 5) is 35.3. The standard InChI is InChI=1S/C9H17NO.C9H16O.C8H16O2S.C7H10O/c1-8(2)9(11)6-5-7-10(3)4;1-6(2)8(5)9(10)7(3)4;1-6(2)8(5)11(9,10)7(3)4;1-4-5-7(8)6(2)3/h5-6,8H,7H2,1-4H3;7H,1-5H3;7H,1-5H3;6H,1-3H3/b6-5+;;;. The van der Waals surface area contributed by atoms with Crippen molar-refractivity contribution in [1.82, 2.24) is 4.90 Å². The third-order valence-electron chi connectivity index (χ3n) is 5.49. The lowest BCUT2D eigenvalue weighted by atomic mass is 9.99. The Morgan fingerprint density at radius 2 is 1.20 bits per heavy atom. The first kappa shape index (κ1) is 44.7. The van der Waals surface area contributed by atoms with E-state index in [2.05, 4.69) is 11.8 Å². The van der Waals surface area contributed by atoms with E-state index in [0.29, 0.717) is 4.91 Å². The summed E-state index contributed by atoms with van der Waals surface area (Å²) >= 11 is 0. The Morgan fingerprint density at radius 3 is 1.38 bits per heavy atom.